The van der Waals surface area contributed by atoms with E-state index in [0.29, 0.717) is 43.9 Å². The van der Waals surface area contributed by atoms with E-state index >= 15 is 0 Å². The Morgan fingerprint density at radius 1 is 0.949 bits per heavy atom. The monoisotopic (exact) mass is 572 g/mol. The van der Waals surface area contributed by atoms with Gasteiger partial charge in [-0.1, -0.05) is 47.5 Å². The number of imidazole rings is 1. The van der Waals surface area contributed by atoms with Crippen LogP contribution in [0.15, 0.2) is 73.3 Å². The number of alkyl halides is 3. The van der Waals surface area contributed by atoms with E-state index in [1.165, 1.54) is 25.4 Å². The first-order valence-electron chi connectivity index (χ1n) is 11.7. The third-order valence-corrected chi connectivity index (χ3v) is 7.24. The van der Waals surface area contributed by atoms with Crippen molar-refractivity contribution in [3.05, 3.63) is 117 Å². The van der Waals surface area contributed by atoms with Crippen LogP contribution in [0.2, 0.25) is 10.2 Å². The first-order valence-corrected chi connectivity index (χ1v) is 12.4. The Morgan fingerprint density at radius 2 is 1.64 bits per heavy atom. The van der Waals surface area contributed by atoms with E-state index in [-0.39, 0.29) is 17.5 Å². The average Bonchev–Trinajstić information content (AvgIpc) is 3.36. The summed E-state index contributed by atoms with van der Waals surface area (Å²) in [5.74, 6) is 0.254. The Labute approximate surface area is 231 Å². The van der Waals surface area contributed by atoms with Crippen molar-refractivity contribution in [1.29, 1.82) is 0 Å². The molecule has 0 bridgehead atoms. The van der Waals surface area contributed by atoms with Gasteiger partial charge in [0.15, 0.2) is 5.60 Å². The summed E-state index contributed by atoms with van der Waals surface area (Å²) >= 11 is 12.9. The van der Waals surface area contributed by atoms with Gasteiger partial charge in [-0.05, 0) is 41.5 Å². The van der Waals surface area contributed by atoms with Gasteiger partial charge in [-0.15, -0.1) is 0 Å². The Morgan fingerprint density at radius 3 is 2.23 bits per heavy atom. The molecule has 1 unspecified atom stereocenters. The maximum Gasteiger partial charge on any atom is 0.416 e. The van der Waals surface area contributed by atoms with E-state index in [1.54, 1.807) is 54.5 Å². The molecule has 2 aromatic carbocycles. The largest absolute Gasteiger partial charge is 0.481 e. The number of fused-ring (bicyclic) bond motifs is 1. The fraction of sp³-hybridized carbons (Fsp3) is 0.179. The molecule has 3 heterocycles. The van der Waals surface area contributed by atoms with Crippen LogP contribution in [0.4, 0.5) is 13.2 Å². The third-order valence-electron chi connectivity index (χ3n) is 6.58. The Hall–Kier alpha value is -3.66. The molecule has 6 nitrogen and oxygen atoms in total. The number of aliphatic hydroxyl groups is 1. The maximum atomic E-state index is 13.0. The number of nitrogens with zero attached hydrogens (tertiary/aromatic N) is 4. The summed E-state index contributed by atoms with van der Waals surface area (Å²) in [5.41, 5.74) is 0.603. The number of ether oxygens (including phenoxy) is 1. The predicted molar refractivity (Wildman–Crippen MR) is 142 cm³/mol. The number of hydrogen-bond donors (Lipinski definition) is 1. The van der Waals surface area contributed by atoms with Crippen molar-refractivity contribution in [3.63, 3.8) is 0 Å². The number of rotatable bonds is 6. The molecule has 0 saturated heterocycles. The molecule has 0 fully saturated rings. The number of aryl methyl sites for hydroxylation is 1. The molecule has 1 N–H and O–H groups in total. The van der Waals surface area contributed by atoms with Crippen molar-refractivity contribution in [1.82, 2.24) is 19.5 Å². The zero-order valence-electron chi connectivity index (χ0n) is 20.7. The van der Waals surface area contributed by atoms with Gasteiger partial charge in [0.25, 0.3) is 0 Å². The molecule has 5 aromatic rings. The molecule has 1 atom stereocenters. The normalized spacial score (nSPS) is 13.4. The molecular weight excluding hydrogens is 552 g/mol. The fourth-order valence-electron chi connectivity index (χ4n) is 4.56. The van der Waals surface area contributed by atoms with Gasteiger partial charge >= 0.3 is 6.18 Å². The standard InChI is InChI=1S/C28H21Cl2F3N4O2/c1-37-15-34-14-23(37)27(38,19-8-10-24(29)35-13-19)18-7-9-22-20(12-18)25(30)21(26(36-22)39-2)11-16-3-5-17(6-4-16)28(31,32)33/h3-10,12-15,38H,11H2,1-2H3. The molecular formula is C28H21Cl2F3N4O2. The van der Waals surface area contributed by atoms with Crippen LogP contribution in [0.25, 0.3) is 10.9 Å². The van der Waals surface area contributed by atoms with Crippen LogP contribution in [-0.2, 0) is 25.2 Å². The van der Waals surface area contributed by atoms with Crippen molar-refractivity contribution in [2.24, 2.45) is 7.05 Å². The summed E-state index contributed by atoms with van der Waals surface area (Å²) in [4.78, 5) is 12.9. The minimum Gasteiger partial charge on any atom is -0.481 e. The van der Waals surface area contributed by atoms with Crippen molar-refractivity contribution in [2.45, 2.75) is 18.2 Å². The van der Waals surface area contributed by atoms with Crippen molar-refractivity contribution in [3.8, 4) is 5.88 Å². The maximum absolute atomic E-state index is 13.0. The van der Waals surface area contributed by atoms with Crippen LogP contribution < -0.4 is 4.74 Å². The predicted octanol–water partition coefficient (Wildman–Crippen LogP) is 6.57. The van der Waals surface area contributed by atoms with Crippen LogP contribution in [0.5, 0.6) is 5.88 Å². The van der Waals surface area contributed by atoms with Gasteiger partial charge in [0, 0.05) is 36.2 Å². The van der Waals surface area contributed by atoms with Crippen LogP contribution in [-0.4, -0.2) is 31.7 Å². The minimum absolute atomic E-state index is 0.181. The fourth-order valence-corrected chi connectivity index (χ4v) is 4.97. The van der Waals surface area contributed by atoms with E-state index in [0.717, 1.165) is 12.1 Å². The molecule has 3 aromatic heterocycles. The number of benzene rings is 2. The van der Waals surface area contributed by atoms with Crippen LogP contribution in [0.1, 0.15) is 33.5 Å². The summed E-state index contributed by atoms with van der Waals surface area (Å²) < 4.78 is 46.2. The van der Waals surface area contributed by atoms with E-state index < -0.39 is 17.3 Å². The molecule has 0 spiro atoms. The summed E-state index contributed by atoms with van der Waals surface area (Å²) in [7, 11) is 3.21. The summed E-state index contributed by atoms with van der Waals surface area (Å²) in [5, 5.41) is 13.3. The van der Waals surface area contributed by atoms with E-state index in [9.17, 15) is 18.3 Å². The molecule has 39 heavy (non-hydrogen) atoms. The van der Waals surface area contributed by atoms with E-state index in [4.69, 9.17) is 27.9 Å². The Bertz CT molecular complexity index is 1660. The highest BCUT2D eigenvalue weighted by molar-refractivity contribution is 6.36. The quantitative estimate of drug-likeness (QED) is 0.233. The summed E-state index contributed by atoms with van der Waals surface area (Å²) in [6.07, 6.45) is 0.373. The van der Waals surface area contributed by atoms with Gasteiger partial charge in [-0.25, -0.2) is 15.0 Å². The molecule has 0 amide bonds. The first-order chi connectivity index (χ1) is 18.5. The lowest BCUT2D eigenvalue weighted by molar-refractivity contribution is -0.137. The first kappa shape index (κ1) is 26.9. The highest BCUT2D eigenvalue weighted by atomic mass is 35.5. The van der Waals surface area contributed by atoms with Crippen molar-refractivity contribution < 1.29 is 23.0 Å². The zero-order chi connectivity index (χ0) is 27.9. The van der Waals surface area contributed by atoms with E-state index in [1.807, 2.05) is 0 Å². The number of methoxy groups -OCH3 is 1. The molecule has 200 valence electrons. The van der Waals surface area contributed by atoms with Crippen LogP contribution in [0, 0.1) is 0 Å². The zero-order valence-corrected chi connectivity index (χ0v) is 22.2. The number of hydrogen-bond acceptors (Lipinski definition) is 5. The van der Waals surface area contributed by atoms with Gasteiger partial charge in [0.2, 0.25) is 5.88 Å². The van der Waals surface area contributed by atoms with Gasteiger partial charge in [0.05, 0.1) is 41.4 Å². The third kappa shape index (κ3) is 4.93. The van der Waals surface area contributed by atoms with Gasteiger partial charge in [-0.2, -0.15) is 13.2 Å². The SMILES string of the molecule is COc1nc2ccc(C(O)(c3ccc(Cl)nc3)c3cncn3C)cc2c(Cl)c1Cc1ccc(C(F)(F)F)cc1. The molecule has 5 rings (SSSR count). The molecule has 0 aliphatic carbocycles. The Balaban J connectivity index is 1.65. The smallest absolute Gasteiger partial charge is 0.416 e. The Kier molecular flexibility index (Phi) is 7.00. The molecule has 0 saturated carbocycles. The lowest BCUT2D eigenvalue weighted by Gasteiger charge is -2.30. The summed E-state index contributed by atoms with van der Waals surface area (Å²) in [6, 6.07) is 13.3. The van der Waals surface area contributed by atoms with Crippen molar-refractivity contribution in [2.75, 3.05) is 7.11 Å². The molecule has 0 aliphatic heterocycles. The average molecular weight is 573 g/mol. The minimum atomic E-state index is -4.43. The molecule has 11 heteroatoms. The summed E-state index contributed by atoms with van der Waals surface area (Å²) in [6.45, 7) is 0. The highest BCUT2D eigenvalue weighted by Crippen LogP contribution is 2.40. The number of pyridine rings is 2. The second-order valence-electron chi connectivity index (χ2n) is 8.99. The molecule has 0 aliphatic rings. The highest BCUT2D eigenvalue weighted by Gasteiger charge is 2.37. The van der Waals surface area contributed by atoms with Crippen LogP contribution >= 0.6 is 23.2 Å². The topological polar surface area (TPSA) is 73.1 Å². The van der Waals surface area contributed by atoms with Crippen LogP contribution in [0.3, 0.4) is 0 Å². The number of aromatic nitrogens is 4. The van der Waals surface area contributed by atoms with Gasteiger partial charge in [0.1, 0.15) is 5.15 Å². The lowest BCUT2D eigenvalue weighted by Crippen LogP contribution is -2.31. The van der Waals surface area contributed by atoms with Crippen molar-refractivity contribution >= 4 is 34.1 Å². The van der Waals surface area contributed by atoms with Gasteiger partial charge < -0.3 is 14.4 Å². The molecule has 0 radical (unpaired) electrons. The lowest BCUT2D eigenvalue weighted by atomic mass is 9.83. The number of halogens is 5. The second-order valence-corrected chi connectivity index (χ2v) is 9.75. The second kappa shape index (κ2) is 10.1. The van der Waals surface area contributed by atoms with E-state index in [2.05, 4.69) is 15.0 Å². The van der Waals surface area contributed by atoms with Gasteiger partial charge in [-0.3, -0.25) is 0 Å².